The minimum Gasteiger partial charge on any atom is -0.310 e. The number of para-hydroxylation sites is 2. The fourth-order valence-corrected chi connectivity index (χ4v) is 12.7. The molecule has 2 aliphatic carbocycles. The van der Waals surface area contributed by atoms with Crippen molar-refractivity contribution >= 4 is 38.9 Å². The van der Waals surface area contributed by atoms with Crippen LogP contribution in [0.15, 0.2) is 267 Å². The van der Waals surface area contributed by atoms with E-state index in [4.69, 9.17) is 0 Å². The van der Waals surface area contributed by atoms with Crippen LogP contribution in [0.3, 0.4) is 0 Å². The molecular formula is C70H50N2. The number of rotatable bonds is 8. The number of aromatic nitrogens is 1. The quantitative estimate of drug-likeness (QED) is 0.147. The molecule has 0 bridgehead atoms. The van der Waals surface area contributed by atoms with E-state index in [1.54, 1.807) is 0 Å². The lowest BCUT2D eigenvalue weighted by Gasteiger charge is -2.35. The highest BCUT2D eigenvalue weighted by molar-refractivity contribution is 6.10. The predicted molar refractivity (Wildman–Crippen MR) is 301 cm³/mol. The molecule has 0 atom stereocenters. The van der Waals surface area contributed by atoms with Crippen molar-refractivity contribution in [3.63, 3.8) is 0 Å². The normalized spacial score (nSPS) is 13.6. The van der Waals surface area contributed by atoms with Crippen LogP contribution in [0.25, 0.3) is 72.0 Å². The van der Waals surface area contributed by atoms with Crippen LogP contribution in [-0.2, 0) is 10.8 Å². The van der Waals surface area contributed by atoms with E-state index in [0.29, 0.717) is 0 Å². The van der Waals surface area contributed by atoms with Crippen molar-refractivity contribution in [3.05, 3.63) is 300 Å². The van der Waals surface area contributed by atoms with Crippen molar-refractivity contribution in [1.29, 1.82) is 0 Å². The number of benzene rings is 11. The van der Waals surface area contributed by atoms with Crippen molar-refractivity contribution in [3.8, 4) is 50.2 Å². The van der Waals surface area contributed by atoms with Gasteiger partial charge in [-0.15, -0.1) is 0 Å². The van der Waals surface area contributed by atoms with Gasteiger partial charge in [-0.2, -0.15) is 0 Å². The third kappa shape index (κ3) is 6.15. The van der Waals surface area contributed by atoms with Crippen LogP contribution >= 0.6 is 0 Å². The minimum atomic E-state index is -0.662. The molecule has 0 unspecified atom stereocenters. The third-order valence-electron chi connectivity index (χ3n) is 15.9. The summed E-state index contributed by atoms with van der Waals surface area (Å²) >= 11 is 0. The molecule has 0 amide bonds. The molecule has 0 aliphatic heterocycles. The smallest absolute Gasteiger partial charge is 0.0715 e. The van der Waals surface area contributed by atoms with Gasteiger partial charge in [0, 0.05) is 38.7 Å². The van der Waals surface area contributed by atoms with Gasteiger partial charge >= 0.3 is 0 Å². The molecule has 12 aromatic rings. The molecule has 0 radical (unpaired) electrons. The standard InChI is InChI=1S/C70H50N2/c1-69(2)60-33-18-15-30-54(60)55-41-39-52(45-62(55)69)71(66-43-38-49(47-22-7-3-8-23-47)44-59(66)48-24-9-4-10-25-48)53-40-42-58-63(46-53)70(50-26-11-5-12-27-50,51-28-13-6-14-29-51)61-34-21-37-67(68(58)61)72-64-35-19-16-31-56(64)57-32-17-20-36-65(57)72/h3-46H,1-2H3. The van der Waals surface area contributed by atoms with Gasteiger partial charge in [0.15, 0.2) is 0 Å². The van der Waals surface area contributed by atoms with Gasteiger partial charge < -0.3 is 9.47 Å². The van der Waals surface area contributed by atoms with Gasteiger partial charge in [-0.3, -0.25) is 0 Å². The molecule has 72 heavy (non-hydrogen) atoms. The Morgan fingerprint density at radius 1 is 0.333 bits per heavy atom. The van der Waals surface area contributed by atoms with Crippen LogP contribution in [0.1, 0.15) is 47.2 Å². The Bertz CT molecular complexity index is 3960. The summed E-state index contributed by atoms with van der Waals surface area (Å²) in [4.78, 5) is 2.54. The van der Waals surface area contributed by atoms with E-state index in [1.807, 2.05) is 0 Å². The van der Waals surface area contributed by atoms with E-state index in [9.17, 15) is 0 Å². The summed E-state index contributed by atoms with van der Waals surface area (Å²) in [6.45, 7) is 4.76. The number of fused-ring (bicyclic) bond motifs is 9. The van der Waals surface area contributed by atoms with Crippen LogP contribution in [-0.4, -0.2) is 4.57 Å². The zero-order chi connectivity index (χ0) is 48.0. The molecule has 2 aliphatic rings. The molecule has 2 nitrogen and oxygen atoms in total. The SMILES string of the molecule is CC1(C)c2ccccc2-c2ccc(N(c3ccc4c(c3)C(c3ccccc3)(c3ccccc3)c3cccc(-n5c6ccccc6c6ccccc65)c3-4)c3ccc(-c4ccccc4)cc3-c3ccccc3)cc21. The van der Waals surface area contributed by atoms with Crippen molar-refractivity contribution in [2.24, 2.45) is 0 Å². The van der Waals surface area contributed by atoms with Crippen molar-refractivity contribution in [2.75, 3.05) is 4.90 Å². The van der Waals surface area contributed by atoms with Crippen molar-refractivity contribution in [2.45, 2.75) is 24.7 Å². The molecule has 14 rings (SSSR count). The molecule has 0 spiro atoms. The Labute approximate surface area is 421 Å². The number of nitrogens with zero attached hydrogens (tertiary/aromatic N) is 2. The maximum atomic E-state index is 2.54. The molecule has 2 heteroatoms. The number of hydrogen-bond donors (Lipinski definition) is 0. The first-order valence-corrected chi connectivity index (χ1v) is 25.2. The van der Waals surface area contributed by atoms with E-state index in [2.05, 4.69) is 290 Å². The fraction of sp³-hybridized carbons (Fsp3) is 0.0571. The van der Waals surface area contributed by atoms with Gasteiger partial charge in [0.25, 0.3) is 0 Å². The summed E-state index contributed by atoms with van der Waals surface area (Å²) in [5.41, 5.74) is 23.5. The van der Waals surface area contributed by atoms with Crippen LogP contribution in [0.2, 0.25) is 0 Å². The highest BCUT2D eigenvalue weighted by Gasteiger charge is 2.48. The molecule has 0 saturated carbocycles. The number of anilines is 3. The van der Waals surface area contributed by atoms with Crippen LogP contribution < -0.4 is 4.90 Å². The average Bonchev–Trinajstić information content (AvgIpc) is 4.03. The minimum absolute atomic E-state index is 0.189. The summed E-state index contributed by atoms with van der Waals surface area (Å²) in [5, 5.41) is 2.50. The topological polar surface area (TPSA) is 8.17 Å². The van der Waals surface area contributed by atoms with E-state index < -0.39 is 5.41 Å². The van der Waals surface area contributed by atoms with E-state index in [1.165, 1.54) is 94.3 Å². The molecule has 1 heterocycles. The third-order valence-corrected chi connectivity index (χ3v) is 15.9. The molecule has 340 valence electrons. The summed E-state index contributed by atoms with van der Waals surface area (Å²) in [6, 6.07) is 99.4. The second-order valence-electron chi connectivity index (χ2n) is 20.0. The zero-order valence-corrected chi connectivity index (χ0v) is 40.3. The Balaban J connectivity index is 1.08. The zero-order valence-electron chi connectivity index (χ0n) is 40.3. The van der Waals surface area contributed by atoms with Gasteiger partial charge in [-0.05, 0) is 121 Å². The second-order valence-corrected chi connectivity index (χ2v) is 20.0. The average molecular weight is 919 g/mol. The van der Waals surface area contributed by atoms with Crippen molar-refractivity contribution in [1.82, 2.24) is 4.57 Å². The van der Waals surface area contributed by atoms with Gasteiger partial charge in [0.05, 0.1) is 27.8 Å². The Hall–Kier alpha value is -8.98. The fourth-order valence-electron chi connectivity index (χ4n) is 12.7. The van der Waals surface area contributed by atoms with Gasteiger partial charge in [-0.25, -0.2) is 0 Å². The number of hydrogen-bond acceptors (Lipinski definition) is 1. The monoisotopic (exact) mass is 918 g/mol. The van der Waals surface area contributed by atoms with E-state index in [-0.39, 0.29) is 5.41 Å². The molecule has 1 aromatic heterocycles. The highest BCUT2D eigenvalue weighted by Crippen LogP contribution is 2.60. The highest BCUT2D eigenvalue weighted by atomic mass is 15.1. The molecule has 0 N–H and O–H groups in total. The maximum Gasteiger partial charge on any atom is 0.0715 e. The second kappa shape index (κ2) is 16.3. The van der Waals surface area contributed by atoms with Gasteiger partial charge in [0.1, 0.15) is 0 Å². The lowest BCUT2D eigenvalue weighted by Crippen LogP contribution is -2.29. The molecule has 11 aromatic carbocycles. The van der Waals surface area contributed by atoms with E-state index in [0.717, 1.165) is 28.2 Å². The van der Waals surface area contributed by atoms with Gasteiger partial charge in [-0.1, -0.05) is 226 Å². The summed E-state index contributed by atoms with van der Waals surface area (Å²) < 4.78 is 2.50. The van der Waals surface area contributed by atoms with Gasteiger partial charge in [0.2, 0.25) is 0 Å². The van der Waals surface area contributed by atoms with Crippen LogP contribution in [0.4, 0.5) is 17.1 Å². The lowest BCUT2D eigenvalue weighted by atomic mass is 9.67. The Morgan fingerprint density at radius 2 is 0.847 bits per heavy atom. The molecule has 0 saturated heterocycles. The lowest BCUT2D eigenvalue weighted by molar-refractivity contribution is 0.660. The molecular weight excluding hydrogens is 869 g/mol. The summed E-state index contributed by atoms with van der Waals surface area (Å²) in [5.74, 6) is 0. The first-order chi connectivity index (χ1) is 35.5. The van der Waals surface area contributed by atoms with E-state index >= 15 is 0 Å². The Kier molecular flexibility index (Phi) is 9.50. The first-order valence-electron chi connectivity index (χ1n) is 25.2. The Morgan fingerprint density at radius 3 is 1.50 bits per heavy atom. The maximum absolute atomic E-state index is 2.54. The summed E-state index contributed by atoms with van der Waals surface area (Å²) in [6.07, 6.45) is 0. The predicted octanol–water partition coefficient (Wildman–Crippen LogP) is 18.3. The molecule has 0 fully saturated rings. The van der Waals surface area contributed by atoms with Crippen molar-refractivity contribution < 1.29 is 0 Å². The van der Waals surface area contributed by atoms with Crippen LogP contribution in [0.5, 0.6) is 0 Å². The largest absolute Gasteiger partial charge is 0.310 e. The first kappa shape index (κ1) is 41.9. The van der Waals surface area contributed by atoms with Crippen LogP contribution in [0, 0.1) is 0 Å². The summed E-state index contributed by atoms with van der Waals surface area (Å²) in [7, 11) is 0.